The maximum atomic E-state index is 11.9. The summed E-state index contributed by atoms with van der Waals surface area (Å²) in [6.45, 7) is 0. The first-order valence-electron chi connectivity index (χ1n) is 6.32. The number of para-hydroxylation sites is 1. The van der Waals surface area contributed by atoms with Crippen molar-refractivity contribution in [3.63, 3.8) is 0 Å². The Hall–Kier alpha value is -2.89. The van der Waals surface area contributed by atoms with Crippen molar-refractivity contribution in [3.8, 4) is 5.75 Å². The Kier molecular flexibility index (Phi) is 3.27. The van der Waals surface area contributed by atoms with Gasteiger partial charge in [0.05, 0.1) is 18.9 Å². The summed E-state index contributed by atoms with van der Waals surface area (Å²) in [6.07, 6.45) is 5.07. The van der Waals surface area contributed by atoms with Gasteiger partial charge in [0.1, 0.15) is 5.75 Å². The molecule has 0 saturated heterocycles. The number of carbonyl (C=O) groups excluding carboxylic acids is 1. The lowest BCUT2D eigenvalue weighted by atomic mass is 10.2. The molecule has 0 radical (unpaired) electrons. The highest BCUT2D eigenvalue weighted by Gasteiger charge is 2.26. The van der Waals surface area contributed by atoms with Crippen molar-refractivity contribution in [3.05, 3.63) is 53.5 Å². The maximum Gasteiger partial charge on any atom is 0.363 e. The van der Waals surface area contributed by atoms with Crippen LogP contribution < -0.4 is 4.74 Å². The molecule has 0 saturated carbocycles. The monoisotopic (exact) mass is 283 g/mol. The normalized spacial score (nSPS) is 16.0. The van der Waals surface area contributed by atoms with E-state index in [2.05, 4.69) is 10.1 Å². The Morgan fingerprint density at radius 3 is 2.86 bits per heavy atom. The first kappa shape index (κ1) is 13.1. The summed E-state index contributed by atoms with van der Waals surface area (Å²) >= 11 is 0. The molecule has 0 aliphatic carbocycles. The fourth-order valence-corrected chi connectivity index (χ4v) is 2.02. The summed E-state index contributed by atoms with van der Waals surface area (Å²) < 4.78 is 12.1. The first-order chi connectivity index (χ1) is 10.2. The van der Waals surface area contributed by atoms with E-state index in [1.165, 1.54) is 0 Å². The number of ether oxygens (including phenoxy) is 2. The van der Waals surface area contributed by atoms with E-state index in [-0.39, 0.29) is 11.6 Å². The van der Waals surface area contributed by atoms with Gasteiger partial charge in [-0.2, -0.15) is 5.10 Å². The van der Waals surface area contributed by atoms with Crippen LogP contribution in [0.25, 0.3) is 6.08 Å². The van der Waals surface area contributed by atoms with Gasteiger partial charge in [0.25, 0.3) is 0 Å². The second-order valence-electron chi connectivity index (χ2n) is 4.48. The Balaban J connectivity index is 1.97. The predicted octanol–water partition coefficient (Wildman–Crippen LogP) is 1.77. The second kappa shape index (κ2) is 5.24. The van der Waals surface area contributed by atoms with Crippen LogP contribution in [-0.2, 0) is 16.6 Å². The summed E-state index contributed by atoms with van der Waals surface area (Å²) in [5.74, 6) is 0.360. The lowest BCUT2D eigenvalue weighted by Gasteiger charge is -2.05. The molecule has 0 atom stereocenters. The minimum Gasteiger partial charge on any atom is -0.496 e. The van der Waals surface area contributed by atoms with E-state index in [4.69, 9.17) is 9.47 Å². The Morgan fingerprint density at radius 1 is 1.33 bits per heavy atom. The highest BCUT2D eigenvalue weighted by Crippen LogP contribution is 2.24. The number of aliphatic imine (C=N–C) groups is 1. The lowest BCUT2D eigenvalue weighted by Crippen LogP contribution is -2.06. The summed E-state index contributed by atoms with van der Waals surface area (Å²) in [6, 6.07) is 7.25. The molecule has 6 heteroatoms. The standard InChI is InChI=1S/C15H13N3O3/c1-18-9-10(8-16-18)7-12-15(19)21-14(17-12)11-5-3-4-6-13(11)20-2/h3-9H,1-2H3. The van der Waals surface area contributed by atoms with Gasteiger partial charge in [-0.05, 0) is 18.2 Å². The molecule has 0 bridgehead atoms. The number of methoxy groups -OCH3 is 1. The molecule has 106 valence electrons. The molecular formula is C15H13N3O3. The van der Waals surface area contributed by atoms with Gasteiger partial charge in [0.15, 0.2) is 5.70 Å². The number of nitrogens with zero attached hydrogens (tertiary/aromatic N) is 3. The van der Waals surface area contributed by atoms with E-state index in [9.17, 15) is 4.79 Å². The van der Waals surface area contributed by atoms with E-state index < -0.39 is 5.97 Å². The van der Waals surface area contributed by atoms with Crippen LogP contribution in [0.3, 0.4) is 0 Å². The molecule has 21 heavy (non-hydrogen) atoms. The number of cyclic esters (lactones) is 1. The molecule has 6 nitrogen and oxygen atoms in total. The number of rotatable bonds is 3. The number of benzene rings is 1. The quantitative estimate of drug-likeness (QED) is 0.636. The number of aromatic nitrogens is 2. The molecule has 1 aliphatic heterocycles. The van der Waals surface area contributed by atoms with Crippen LogP contribution in [0, 0.1) is 0 Å². The SMILES string of the molecule is COc1ccccc1C1=NC(=Cc2cnn(C)c2)C(=O)O1. The van der Waals surface area contributed by atoms with E-state index in [0.29, 0.717) is 11.3 Å². The minimum absolute atomic E-state index is 0.240. The second-order valence-corrected chi connectivity index (χ2v) is 4.48. The van der Waals surface area contributed by atoms with Crippen LogP contribution in [-0.4, -0.2) is 28.8 Å². The van der Waals surface area contributed by atoms with Crippen molar-refractivity contribution in [2.75, 3.05) is 7.11 Å². The van der Waals surface area contributed by atoms with Crippen molar-refractivity contribution >= 4 is 17.9 Å². The van der Waals surface area contributed by atoms with Gasteiger partial charge < -0.3 is 9.47 Å². The smallest absolute Gasteiger partial charge is 0.363 e. The first-order valence-corrected chi connectivity index (χ1v) is 6.32. The fraction of sp³-hybridized carbons (Fsp3) is 0.133. The Labute approximate surface area is 121 Å². The number of carbonyl (C=O) groups is 1. The Morgan fingerprint density at radius 2 is 2.14 bits per heavy atom. The predicted molar refractivity (Wildman–Crippen MR) is 76.8 cm³/mol. The van der Waals surface area contributed by atoms with Gasteiger partial charge in [0, 0.05) is 18.8 Å². The zero-order valence-corrected chi connectivity index (χ0v) is 11.6. The molecule has 0 fully saturated rings. The molecule has 2 aromatic rings. The molecule has 0 N–H and O–H groups in total. The van der Waals surface area contributed by atoms with Gasteiger partial charge in [-0.1, -0.05) is 12.1 Å². The van der Waals surface area contributed by atoms with Gasteiger partial charge in [0.2, 0.25) is 5.90 Å². The van der Waals surface area contributed by atoms with Crippen molar-refractivity contribution in [1.29, 1.82) is 0 Å². The fourth-order valence-electron chi connectivity index (χ4n) is 2.02. The average Bonchev–Trinajstić information content (AvgIpc) is 3.06. The summed E-state index contributed by atoms with van der Waals surface area (Å²) in [5.41, 5.74) is 1.67. The Bertz CT molecular complexity index is 759. The third kappa shape index (κ3) is 2.55. The van der Waals surface area contributed by atoms with Crippen LogP contribution in [0.1, 0.15) is 11.1 Å². The molecule has 1 aliphatic rings. The zero-order valence-electron chi connectivity index (χ0n) is 11.6. The van der Waals surface area contributed by atoms with Crippen LogP contribution >= 0.6 is 0 Å². The van der Waals surface area contributed by atoms with Gasteiger partial charge in [-0.3, -0.25) is 4.68 Å². The summed E-state index contributed by atoms with van der Waals surface area (Å²) in [5, 5.41) is 4.04. The maximum absolute atomic E-state index is 11.9. The van der Waals surface area contributed by atoms with Crippen molar-refractivity contribution in [2.24, 2.45) is 12.0 Å². The van der Waals surface area contributed by atoms with Crippen LogP contribution in [0.2, 0.25) is 0 Å². The number of esters is 1. The van der Waals surface area contributed by atoms with Crippen LogP contribution in [0.15, 0.2) is 47.3 Å². The number of hydrogen-bond donors (Lipinski definition) is 0. The molecule has 0 spiro atoms. The van der Waals surface area contributed by atoms with Crippen molar-refractivity contribution < 1.29 is 14.3 Å². The van der Waals surface area contributed by atoms with Crippen molar-refractivity contribution in [1.82, 2.24) is 9.78 Å². The molecule has 3 rings (SSSR count). The van der Waals surface area contributed by atoms with E-state index >= 15 is 0 Å². The van der Waals surface area contributed by atoms with E-state index in [0.717, 1.165) is 5.56 Å². The molecule has 1 aromatic carbocycles. The third-order valence-corrected chi connectivity index (χ3v) is 2.99. The van der Waals surface area contributed by atoms with Gasteiger partial charge in [-0.25, -0.2) is 9.79 Å². The minimum atomic E-state index is -0.486. The van der Waals surface area contributed by atoms with Crippen LogP contribution in [0.5, 0.6) is 5.75 Å². The largest absolute Gasteiger partial charge is 0.496 e. The van der Waals surface area contributed by atoms with Crippen LogP contribution in [0.4, 0.5) is 0 Å². The average molecular weight is 283 g/mol. The van der Waals surface area contributed by atoms with Gasteiger partial charge in [-0.15, -0.1) is 0 Å². The molecule has 1 aromatic heterocycles. The van der Waals surface area contributed by atoms with E-state index in [1.54, 1.807) is 49.4 Å². The number of aryl methyl sites for hydroxylation is 1. The molecule has 0 amide bonds. The van der Waals surface area contributed by atoms with E-state index in [1.807, 2.05) is 12.1 Å². The summed E-state index contributed by atoms with van der Waals surface area (Å²) in [7, 11) is 3.36. The lowest BCUT2D eigenvalue weighted by molar-refractivity contribution is -0.129. The molecule has 2 heterocycles. The highest BCUT2D eigenvalue weighted by molar-refractivity contribution is 6.13. The van der Waals surface area contributed by atoms with Crippen molar-refractivity contribution in [2.45, 2.75) is 0 Å². The number of hydrogen-bond acceptors (Lipinski definition) is 5. The van der Waals surface area contributed by atoms with Gasteiger partial charge >= 0.3 is 5.97 Å². The zero-order chi connectivity index (χ0) is 14.8. The summed E-state index contributed by atoms with van der Waals surface area (Å²) in [4.78, 5) is 16.1. The topological polar surface area (TPSA) is 65.7 Å². The highest BCUT2D eigenvalue weighted by atomic mass is 16.6. The third-order valence-electron chi connectivity index (χ3n) is 2.99. The molecular weight excluding hydrogens is 270 g/mol. The molecule has 0 unspecified atom stereocenters.